The van der Waals surface area contributed by atoms with Crippen LogP contribution in [0.3, 0.4) is 0 Å². The lowest BCUT2D eigenvalue weighted by Crippen LogP contribution is -2.37. The Morgan fingerprint density at radius 2 is 2.00 bits per heavy atom. The number of carbonyl (C=O) groups excluding carboxylic acids is 2. The van der Waals surface area contributed by atoms with Gasteiger partial charge in [-0.2, -0.15) is 0 Å². The van der Waals surface area contributed by atoms with Crippen LogP contribution >= 0.6 is 0 Å². The van der Waals surface area contributed by atoms with Crippen LogP contribution in [0.2, 0.25) is 0 Å². The van der Waals surface area contributed by atoms with Crippen molar-refractivity contribution in [2.24, 2.45) is 0 Å². The number of amides is 2. The fraction of sp³-hybridized carbons (Fsp3) is 0.556. The number of hydrogen-bond donors (Lipinski definition) is 2. The van der Waals surface area contributed by atoms with Gasteiger partial charge in [-0.25, -0.2) is 4.39 Å². The first-order chi connectivity index (χ1) is 11.5. The summed E-state index contributed by atoms with van der Waals surface area (Å²) in [4.78, 5) is 25.3. The molecule has 1 aromatic carbocycles. The van der Waals surface area contributed by atoms with E-state index in [4.69, 9.17) is 0 Å². The van der Waals surface area contributed by atoms with Crippen molar-refractivity contribution < 1.29 is 14.0 Å². The Hall–Kier alpha value is -2.11. The van der Waals surface area contributed by atoms with Gasteiger partial charge >= 0.3 is 0 Å². The fourth-order valence-corrected chi connectivity index (χ4v) is 3.58. The van der Waals surface area contributed by atoms with Crippen molar-refractivity contribution in [3.63, 3.8) is 0 Å². The van der Waals surface area contributed by atoms with E-state index in [1.807, 2.05) is 11.9 Å². The highest BCUT2D eigenvalue weighted by Crippen LogP contribution is 2.29. The molecular formula is C18H24FN3O2. The SMILES string of the molecule is CN(c1ccc(NC(=O)[C@H]2CCC(=O)N2)cc1F)C1CCCCC1. The lowest BCUT2D eigenvalue weighted by molar-refractivity contribution is -0.122. The molecule has 24 heavy (non-hydrogen) atoms. The van der Waals surface area contributed by atoms with E-state index in [0.29, 0.717) is 30.3 Å². The summed E-state index contributed by atoms with van der Waals surface area (Å²) in [6.45, 7) is 0. The molecule has 1 atom stereocenters. The van der Waals surface area contributed by atoms with E-state index in [-0.39, 0.29) is 17.6 Å². The van der Waals surface area contributed by atoms with E-state index in [1.165, 1.54) is 25.3 Å². The van der Waals surface area contributed by atoms with Gasteiger partial charge in [0.2, 0.25) is 11.8 Å². The predicted molar refractivity (Wildman–Crippen MR) is 91.5 cm³/mol. The van der Waals surface area contributed by atoms with Crippen LogP contribution in [0.4, 0.5) is 15.8 Å². The van der Waals surface area contributed by atoms with Crippen molar-refractivity contribution in [1.82, 2.24) is 5.32 Å². The van der Waals surface area contributed by atoms with Crippen LogP contribution in [0.1, 0.15) is 44.9 Å². The zero-order valence-electron chi connectivity index (χ0n) is 14.0. The van der Waals surface area contributed by atoms with Crippen molar-refractivity contribution >= 4 is 23.2 Å². The van der Waals surface area contributed by atoms with Crippen molar-refractivity contribution in [3.8, 4) is 0 Å². The van der Waals surface area contributed by atoms with Gasteiger partial charge in [0.15, 0.2) is 0 Å². The average Bonchev–Trinajstić information content (AvgIpc) is 3.02. The molecule has 2 amide bonds. The van der Waals surface area contributed by atoms with E-state index in [0.717, 1.165) is 12.8 Å². The molecule has 2 fully saturated rings. The van der Waals surface area contributed by atoms with E-state index in [9.17, 15) is 14.0 Å². The molecule has 0 aromatic heterocycles. The van der Waals surface area contributed by atoms with Crippen LogP contribution in [0.15, 0.2) is 18.2 Å². The summed E-state index contributed by atoms with van der Waals surface area (Å²) in [5.74, 6) is -0.754. The van der Waals surface area contributed by atoms with Crippen molar-refractivity contribution in [2.45, 2.75) is 57.0 Å². The van der Waals surface area contributed by atoms with E-state index >= 15 is 0 Å². The average molecular weight is 333 g/mol. The van der Waals surface area contributed by atoms with Gasteiger partial charge in [-0.1, -0.05) is 19.3 Å². The molecule has 1 aliphatic heterocycles. The largest absolute Gasteiger partial charge is 0.369 e. The van der Waals surface area contributed by atoms with Crippen LogP contribution in [-0.4, -0.2) is 30.9 Å². The smallest absolute Gasteiger partial charge is 0.246 e. The highest BCUT2D eigenvalue weighted by atomic mass is 19.1. The molecule has 0 spiro atoms. The summed E-state index contributed by atoms with van der Waals surface area (Å²) in [5.41, 5.74) is 0.980. The Bertz CT molecular complexity index is 629. The zero-order chi connectivity index (χ0) is 17.1. The molecule has 0 unspecified atom stereocenters. The summed E-state index contributed by atoms with van der Waals surface area (Å²) in [5, 5.41) is 5.29. The Morgan fingerprint density at radius 1 is 1.25 bits per heavy atom. The molecule has 3 rings (SSSR count). The molecule has 6 heteroatoms. The lowest BCUT2D eigenvalue weighted by Gasteiger charge is -2.33. The summed E-state index contributed by atoms with van der Waals surface area (Å²) in [6, 6.07) is 4.63. The highest BCUT2D eigenvalue weighted by Gasteiger charge is 2.27. The van der Waals surface area contributed by atoms with Gasteiger partial charge in [0.25, 0.3) is 0 Å². The minimum Gasteiger partial charge on any atom is -0.369 e. The first-order valence-electron chi connectivity index (χ1n) is 8.67. The number of nitrogens with zero attached hydrogens (tertiary/aromatic N) is 1. The fourth-order valence-electron chi connectivity index (χ4n) is 3.58. The van der Waals surface area contributed by atoms with Gasteiger partial charge in [0, 0.05) is 25.2 Å². The Kier molecular flexibility index (Phi) is 5.02. The van der Waals surface area contributed by atoms with Crippen LogP contribution in [0.5, 0.6) is 0 Å². The van der Waals surface area contributed by atoms with Crippen molar-refractivity contribution in [1.29, 1.82) is 0 Å². The minimum absolute atomic E-state index is 0.120. The summed E-state index contributed by atoms with van der Waals surface area (Å²) in [6.07, 6.45) is 6.67. The van der Waals surface area contributed by atoms with Crippen molar-refractivity contribution in [2.75, 3.05) is 17.3 Å². The van der Waals surface area contributed by atoms with E-state index < -0.39 is 6.04 Å². The maximum absolute atomic E-state index is 14.5. The Morgan fingerprint density at radius 3 is 2.62 bits per heavy atom. The maximum atomic E-state index is 14.5. The number of rotatable bonds is 4. The predicted octanol–water partition coefficient (Wildman–Crippen LogP) is 2.81. The molecule has 5 nitrogen and oxygen atoms in total. The van der Waals surface area contributed by atoms with Crippen LogP contribution in [-0.2, 0) is 9.59 Å². The second kappa shape index (κ2) is 7.20. The van der Waals surface area contributed by atoms with E-state index in [2.05, 4.69) is 10.6 Å². The van der Waals surface area contributed by atoms with Gasteiger partial charge < -0.3 is 15.5 Å². The number of hydrogen-bond acceptors (Lipinski definition) is 3. The molecule has 0 bridgehead atoms. The van der Waals surface area contributed by atoms with Crippen LogP contribution in [0.25, 0.3) is 0 Å². The molecule has 1 aliphatic carbocycles. The molecule has 1 saturated carbocycles. The van der Waals surface area contributed by atoms with Gasteiger partial charge in [-0.15, -0.1) is 0 Å². The molecule has 1 heterocycles. The second-order valence-corrected chi connectivity index (χ2v) is 6.72. The number of nitrogens with one attached hydrogen (secondary N) is 2. The highest BCUT2D eigenvalue weighted by molar-refractivity contribution is 5.99. The van der Waals surface area contributed by atoms with Gasteiger partial charge in [0.1, 0.15) is 11.9 Å². The first kappa shape index (κ1) is 16.7. The molecule has 0 radical (unpaired) electrons. The number of carbonyl (C=O) groups is 2. The Balaban J connectivity index is 1.65. The topological polar surface area (TPSA) is 61.4 Å². The lowest BCUT2D eigenvalue weighted by atomic mass is 9.94. The van der Waals surface area contributed by atoms with Crippen molar-refractivity contribution in [3.05, 3.63) is 24.0 Å². The number of anilines is 2. The molecule has 130 valence electrons. The standard InChI is InChI=1S/C18H24FN3O2/c1-22(13-5-3-2-4-6-13)16-9-7-12(11-14(16)19)20-18(24)15-8-10-17(23)21-15/h7,9,11,13,15H,2-6,8,10H2,1H3,(H,20,24)(H,21,23)/t15-/m1/s1. The van der Waals surface area contributed by atoms with E-state index in [1.54, 1.807) is 12.1 Å². The Labute approximate surface area is 141 Å². The summed E-state index contributed by atoms with van der Waals surface area (Å²) >= 11 is 0. The summed E-state index contributed by atoms with van der Waals surface area (Å²) in [7, 11) is 1.93. The normalized spacial score (nSPS) is 21.4. The monoisotopic (exact) mass is 333 g/mol. The number of benzene rings is 1. The van der Waals surface area contributed by atoms with Crippen LogP contribution < -0.4 is 15.5 Å². The quantitative estimate of drug-likeness (QED) is 0.891. The zero-order valence-corrected chi connectivity index (χ0v) is 14.0. The second-order valence-electron chi connectivity index (χ2n) is 6.72. The van der Waals surface area contributed by atoms with Crippen LogP contribution in [0, 0.1) is 5.82 Å². The third-order valence-corrected chi connectivity index (χ3v) is 5.03. The van der Waals surface area contributed by atoms with Gasteiger partial charge in [-0.3, -0.25) is 9.59 Å². The first-order valence-corrected chi connectivity index (χ1v) is 8.67. The minimum atomic E-state index is -0.523. The third kappa shape index (κ3) is 3.68. The number of halogens is 1. The molecule has 1 aromatic rings. The maximum Gasteiger partial charge on any atom is 0.246 e. The van der Waals surface area contributed by atoms with Gasteiger partial charge in [-0.05, 0) is 37.5 Å². The third-order valence-electron chi connectivity index (χ3n) is 5.03. The summed E-state index contributed by atoms with van der Waals surface area (Å²) < 4.78 is 14.5. The van der Waals surface area contributed by atoms with Gasteiger partial charge in [0.05, 0.1) is 5.69 Å². The molecule has 1 saturated heterocycles. The molecular weight excluding hydrogens is 309 g/mol. The molecule has 2 N–H and O–H groups in total. The molecule has 2 aliphatic rings.